The first-order valence-electron chi connectivity index (χ1n) is 8.01. The molecule has 0 radical (unpaired) electrons. The van der Waals surface area contributed by atoms with Crippen molar-refractivity contribution in [2.75, 3.05) is 10.6 Å². The van der Waals surface area contributed by atoms with Crippen LogP contribution in [0, 0.1) is 0 Å². The number of carbonyl (C=O) groups is 3. The lowest BCUT2D eigenvalue weighted by Gasteiger charge is -2.16. The summed E-state index contributed by atoms with van der Waals surface area (Å²) in [6.45, 7) is 4.63. The van der Waals surface area contributed by atoms with Gasteiger partial charge in [-0.3, -0.25) is 14.4 Å². The second-order valence-electron chi connectivity index (χ2n) is 5.91. The van der Waals surface area contributed by atoms with Gasteiger partial charge in [-0.05, 0) is 42.8 Å². The fourth-order valence-electron chi connectivity index (χ4n) is 2.42. The fourth-order valence-corrected chi connectivity index (χ4v) is 2.69. The topological polar surface area (TPSA) is 87.3 Å². The van der Waals surface area contributed by atoms with Crippen LogP contribution < -0.4 is 16.0 Å². The molecule has 0 heterocycles. The van der Waals surface area contributed by atoms with Gasteiger partial charge < -0.3 is 16.0 Å². The summed E-state index contributed by atoms with van der Waals surface area (Å²) >= 11 is 3.38. The minimum Gasteiger partial charge on any atom is -0.346 e. The van der Waals surface area contributed by atoms with Gasteiger partial charge in [0.1, 0.15) is 0 Å². The molecule has 26 heavy (non-hydrogen) atoms. The van der Waals surface area contributed by atoms with Crippen molar-refractivity contribution in [3.05, 3.63) is 58.1 Å². The summed E-state index contributed by atoms with van der Waals surface area (Å²) in [6, 6.07) is 12.2. The van der Waals surface area contributed by atoms with E-state index < -0.39 is 0 Å². The molecule has 6 nitrogen and oxygen atoms in total. The van der Waals surface area contributed by atoms with Crippen LogP contribution in [-0.4, -0.2) is 17.7 Å². The number of halogens is 1. The molecule has 1 atom stereocenters. The van der Waals surface area contributed by atoms with Crippen LogP contribution in [0.15, 0.2) is 46.9 Å². The maximum Gasteiger partial charge on any atom is 0.251 e. The van der Waals surface area contributed by atoms with Crippen LogP contribution in [0.4, 0.5) is 11.4 Å². The molecule has 3 N–H and O–H groups in total. The molecule has 0 bridgehead atoms. The molecule has 3 amide bonds. The molecular weight excluding hydrogens is 398 g/mol. The van der Waals surface area contributed by atoms with E-state index in [1.54, 1.807) is 18.2 Å². The summed E-state index contributed by atoms with van der Waals surface area (Å²) in [4.78, 5) is 35.3. The highest BCUT2D eigenvalue weighted by Gasteiger charge is 2.14. The van der Waals surface area contributed by atoms with Gasteiger partial charge in [-0.2, -0.15) is 0 Å². The molecule has 0 aliphatic carbocycles. The van der Waals surface area contributed by atoms with E-state index in [1.807, 2.05) is 31.2 Å². The zero-order chi connectivity index (χ0) is 19.3. The first-order valence-corrected chi connectivity index (χ1v) is 8.80. The normalized spacial score (nSPS) is 11.4. The van der Waals surface area contributed by atoms with Gasteiger partial charge in [0.15, 0.2) is 0 Å². The van der Waals surface area contributed by atoms with Crippen LogP contribution in [-0.2, 0) is 9.59 Å². The lowest BCUT2D eigenvalue weighted by Crippen LogP contribution is -2.27. The molecule has 136 valence electrons. The van der Waals surface area contributed by atoms with E-state index in [0.29, 0.717) is 16.9 Å². The quantitative estimate of drug-likeness (QED) is 0.689. The molecule has 7 heteroatoms. The second-order valence-corrected chi connectivity index (χ2v) is 6.82. The Kier molecular flexibility index (Phi) is 6.52. The first-order chi connectivity index (χ1) is 12.2. The first kappa shape index (κ1) is 19.7. The number of benzene rings is 2. The summed E-state index contributed by atoms with van der Waals surface area (Å²) in [5, 5.41) is 8.17. The van der Waals surface area contributed by atoms with E-state index in [0.717, 1.165) is 10.0 Å². The molecule has 0 saturated carbocycles. The lowest BCUT2D eigenvalue weighted by molar-refractivity contribution is -0.115. The van der Waals surface area contributed by atoms with E-state index in [1.165, 1.54) is 13.8 Å². The zero-order valence-electron chi connectivity index (χ0n) is 14.7. The Labute approximate surface area is 160 Å². The van der Waals surface area contributed by atoms with Crippen molar-refractivity contribution in [2.45, 2.75) is 26.8 Å². The molecule has 0 spiro atoms. The van der Waals surface area contributed by atoms with Gasteiger partial charge in [-0.1, -0.05) is 28.1 Å². The molecule has 0 aliphatic heterocycles. The van der Waals surface area contributed by atoms with Gasteiger partial charge in [0.25, 0.3) is 5.91 Å². The summed E-state index contributed by atoms with van der Waals surface area (Å²) in [5.41, 5.74) is 2.17. The maximum absolute atomic E-state index is 12.6. The molecule has 0 aromatic heterocycles. The number of amides is 3. The smallest absolute Gasteiger partial charge is 0.251 e. The van der Waals surface area contributed by atoms with Gasteiger partial charge in [0.05, 0.1) is 6.04 Å². The SMILES string of the molecule is CC(=O)Nc1cc(NC(C)=O)cc(C(=O)NC(C)c2ccc(Br)cc2)c1. The van der Waals surface area contributed by atoms with Crippen LogP contribution in [0.1, 0.15) is 42.7 Å². The fraction of sp³-hybridized carbons (Fsp3) is 0.211. The molecule has 2 rings (SSSR count). The predicted molar refractivity (Wildman–Crippen MR) is 105 cm³/mol. The highest BCUT2D eigenvalue weighted by atomic mass is 79.9. The standard InChI is InChI=1S/C19H20BrN3O3/c1-11(14-4-6-16(20)7-5-14)21-19(26)15-8-17(22-12(2)24)10-18(9-15)23-13(3)25/h4-11H,1-3H3,(H,21,26)(H,22,24)(H,23,25). The summed E-state index contributed by atoms with van der Waals surface area (Å²) in [6.07, 6.45) is 0. The van der Waals surface area contributed by atoms with Crippen molar-refractivity contribution in [1.29, 1.82) is 0 Å². The minimum absolute atomic E-state index is 0.204. The molecule has 0 aliphatic rings. The molecule has 2 aromatic rings. The number of rotatable bonds is 5. The Morgan fingerprint density at radius 3 is 1.85 bits per heavy atom. The van der Waals surface area contributed by atoms with Gasteiger partial charge in [-0.25, -0.2) is 0 Å². The maximum atomic E-state index is 12.6. The molecular formula is C19H20BrN3O3. The van der Waals surface area contributed by atoms with Crippen LogP contribution in [0.3, 0.4) is 0 Å². The minimum atomic E-state index is -0.306. The van der Waals surface area contributed by atoms with E-state index in [4.69, 9.17) is 0 Å². The largest absolute Gasteiger partial charge is 0.346 e. The van der Waals surface area contributed by atoms with E-state index in [-0.39, 0.29) is 23.8 Å². The average Bonchev–Trinajstić information content (AvgIpc) is 2.53. The molecule has 2 aromatic carbocycles. The number of anilines is 2. The Morgan fingerprint density at radius 1 is 0.885 bits per heavy atom. The summed E-state index contributed by atoms with van der Waals surface area (Å²) < 4.78 is 0.961. The van der Waals surface area contributed by atoms with Crippen LogP contribution >= 0.6 is 15.9 Å². The van der Waals surface area contributed by atoms with Gasteiger partial charge in [-0.15, -0.1) is 0 Å². The Bertz CT molecular complexity index is 800. The van der Waals surface area contributed by atoms with Gasteiger partial charge >= 0.3 is 0 Å². The van der Waals surface area contributed by atoms with E-state index in [9.17, 15) is 14.4 Å². The van der Waals surface area contributed by atoms with Crippen molar-refractivity contribution in [2.24, 2.45) is 0 Å². The van der Waals surface area contributed by atoms with Gasteiger partial charge in [0, 0.05) is 35.3 Å². The average molecular weight is 418 g/mol. The van der Waals surface area contributed by atoms with Crippen molar-refractivity contribution < 1.29 is 14.4 Å². The summed E-state index contributed by atoms with van der Waals surface area (Å²) in [7, 11) is 0. The predicted octanol–water partition coefficient (Wildman–Crippen LogP) is 3.86. The highest BCUT2D eigenvalue weighted by molar-refractivity contribution is 9.10. The Morgan fingerprint density at radius 2 is 1.38 bits per heavy atom. The molecule has 0 fully saturated rings. The van der Waals surface area contributed by atoms with Crippen molar-refractivity contribution in [3.63, 3.8) is 0 Å². The van der Waals surface area contributed by atoms with Crippen molar-refractivity contribution >= 4 is 45.0 Å². The van der Waals surface area contributed by atoms with Crippen LogP contribution in [0.2, 0.25) is 0 Å². The van der Waals surface area contributed by atoms with Crippen LogP contribution in [0.25, 0.3) is 0 Å². The van der Waals surface area contributed by atoms with Crippen molar-refractivity contribution in [3.8, 4) is 0 Å². The Hall–Kier alpha value is -2.67. The van der Waals surface area contributed by atoms with Crippen molar-refractivity contribution in [1.82, 2.24) is 5.32 Å². The number of hydrogen-bond acceptors (Lipinski definition) is 3. The third-order valence-corrected chi connectivity index (χ3v) is 4.08. The molecule has 0 saturated heterocycles. The Balaban J connectivity index is 2.23. The van der Waals surface area contributed by atoms with Crippen LogP contribution in [0.5, 0.6) is 0 Å². The molecule has 1 unspecified atom stereocenters. The zero-order valence-corrected chi connectivity index (χ0v) is 16.3. The van der Waals surface area contributed by atoms with E-state index >= 15 is 0 Å². The number of nitrogens with one attached hydrogen (secondary N) is 3. The highest BCUT2D eigenvalue weighted by Crippen LogP contribution is 2.21. The third-order valence-electron chi connectivity index (χ3n) is 3.55. The second kappa shape index (κ2) is 8.62. The number of hydrogen-bond donors (Lipinski definition) is 3. The number of carbonyl (C=O) groups excluding carboxylic acids is 3. The lowest BCUT2D eigenvalue weighted by atomic mass is 10.1. The van der Waals surface area contributed by atoms with Gasteiger partial charge in [0.2, 0.25) is 11.8 Å². The monoisotopic (exact) mass is 417 g/mol. The third kappa shape index (κ3) is 5.70. The summed E-state index contributed by atoms with van der Waals surface area (Å²) in [5.74, 6) is -0.835. The van der Waals surface area contributed by atoms with E-state index in [2.05, 4.69) is 31.9 Å².